The summed E-state index contributed by atoms with van der Waals surface area (Å²) >= 11 is 0. The van der Waals surface area contributed by atoms with E-state index in [1.807, 2.05) is 32.9 Å². The number of carbonyl (C=O) groups is 4. The first-order valence-corrected chi connectivity index (χ1v) is 27.8. The van der Waals surface area contributed by atoms with Gasteiger partial charge in [-0.15, -0.1) is 0 Å². The highest BCUT2D eigenvalue weighted by Gasteiger charge is 2.42. The number of nitrogens with zero attached hydrogens (tertiary/aromatic N) is 6. The molecule has 5 aliphatic rings. The molecule has 0 spiro atoms. The highest BCUT2D eigenvalue weighted by Crippen LogP contribution is 2.42. The molecule has 2 aromatic heterocycles. The number of hydrazine groups is 1. The van der Waals surface area contributed by atoms with Crippen LogP contribution in [0.5, 0.6) is 5.75 Å². The van der Waals surface area contributed by atoms with E-state index >= 15 is 0 Å². The van der Waals surface area contributed by atoms with Gasteiger partial charge in [-0.05, 0) is 117 Å². The molecule has 5 aliphatic heterocycles. The number of fused-ring (bicyclic) bond motifs is 11. The molecule has 360 valence electrons. The van der Waals surface area contributed by atoms with E-state index in [9.17, 15) is 24.3 Å². The fraction of sp³-hybridized carbons (Fsp3) is 0.540. The van der Waals surface area contributed by atoms with E-state index in [1.54, 1.807) is 42.4 Å². The Kier molecular flexibility index (Phi) is 14.7. The van der Waals surface area contributed by atoms with Crippen LogP contribution >= 0.6 is 0 Å². The Morgan fingerprint density at radius 3 is 2.63 bits per heavy atom. The number of pyridine rings is 1. The summed E-state index contributed by atoms with van der Waals surface area (Å²) < 4.78 is 14.4. The first-order valence-electron chi connectivity index (χ1n) is 24.3. The lowest BCUT2D eigenvalue weighted by Crippen LogP contribution is -2.63. The number of aromatic hydroxyl groups is 1. The van der Waals surface area contributed by atoms with Gasteiger partial charge in [0.25, 0.3) is 0 Å². The first-order chi connectivity index (χ1) is 32.1. The van der Waals surface area contributed by atoms with E-state index in [-0.39, 0.29) is 65.3 Å². The van der Waals surface area contributed by atoms with Gasteiger partial charge in [-0.1, -0.05) is 39.8 Å². The number of hydrogen-bond acceptors (Lipinski definition) is 11. The highest BCUT2D eigenvalue weighted by atomic mass is 28.3. The summed E-state index contributed by atoms with van der Waals surface area (Å²) in [5, 5.41) is 17.5. The Labute approximate surface area is 399 Å². The van der Waals surface area contributed by atoms with Crippen molar-refractivity contribution >= 4 is 52.9 Å². The van der Waals surface area contributed by atoms with E-state index < -0.39 is 30.1 Å². The Hall–Kier alpha value is -4.92. The van der Waals surface area contributed by atoms with Crippen molar-refractivity contribution in [3.63, 3.8) is 0 Å². The molecule has 3 unspecified atom stereocenters. The summed E-state index contributed by atoms with van der Waals surface area (Å²) in [6.45, 7) is 17.7. The van der Waals surface area contributed by atoms with Crippen LogP contribution in [-0.2, 0) is 42.9 Å². The van der Waals surface area contributed by atoms with Crippen LogP contribution in [0, 0.1) is 11.3 Å². The van der Waals surface area contributed by atoms with Gasteiger partial charge in [0, 0.05) is 81.5 Å². The topological polar surface area (TPSA) is 162 Å². The molecule has 17 heteroatoms. The molecule has 0 saturated carbocycles. The number of benzene rings is 2. The monoisotopic (exact) mass is 950 g/mol. The molecule has 7 heterocycles. The SMILES string of the molecule is CCn1c(-c2cccnc2[C@H](C)OC)c2c3cc(ccc31)-c1cc(O)cc(c1)C[Si@H](NC(=O)[C@H](C(C)C)N(C)C(=O)C1CN3CCCN1CC3)C(=O)N1CCC[C@H]([SiH2]N1)C(=O)OCC(C)(C)C2. The molecular weight excluding hydrogens is 881 g/mol. The molecule has 4 saturated heterocycles. The summed E-state index contributed by atoms with van der Waals surface area (Å²) in [6, 6.07) is 14.9. The van der Waals surface area contributed by atoms with E-state index in [4.69, 9.17) is 14.5 Å². The van der Waals surface area contributed by atoms with Gasteiger partial charge in [0.05, 0.1) is 29.6 Å². The van der Waals surface area contributed by atoms with Crippen LogP contribution < -0.4 is 10.1 Å². The molecule has 4 fully saturated rings. The maximum atomic E-state index is 14.9. The zero-order valence-electron chi connectivity index (χ0n) is 40.6. The molecule has 3 N–H and O–H groups in total. The van der Waals surface area contributed by atoms with Crippen molar-refractivity contribution < 1.29 is 33.8 Å². The average Bonchev–Trinajstić information content (AvgIpc) is 3.63. The van der Waals surface area contributed by atoms with Crippen LogP contribution in [0.1, 0.15) is 83.7 Å². The number of nitrogens with one attached hydrogen (secondary N) is 2. The van der Waals surface area contributed by atoms with Crippen molar-refractivity contribution in [1.82, 2.24) is 39.3 Å². The number of phenolic OH excluding ortho intramolecular Hbond substituents is 1. The summed E-state index contributed by atoms with van der Waals surface area (Å²) in [4.78, 5) is 72.1. The largest absolute Gasteiger partial charge is 0.508 e. The number of methoxy groups -OCH3 is 1. The first kappa shape index (κ1) is 48.5. The number of carbonyl (C=O) groups excluding carboxylic acids is 4. The quantitative estimate of drug-likeness (QED) is 0.155. The smallest absolute Gasteiger partial charge is 0.307 e. The van der Waals surface area contributed by atoms with Crippen LogP contribution in [-0.4, -0.2) is 148 Å². The Morgan fingerprint density at radius 2 is 1.87 bits per heavy atom. The average molecular weight is 951 g/mol. The number of rotatable bonds is 9. The molecule has 0 aliphatic carbocycles. The second kappa shape index (κ2) is 20.4. The lowest BCUT2D eigenvalue weighted by Gasteiger charge is -2.40. The van der Waals surface area contributed by atoms with Crippen molar-refractivity contribution in [1.29, 1.82) is 0 Å². The lowest BCUT2D eigenvalue weighted by molar-refractivity contribution is -0.146. The minimum atomic E-state index is -2.99. The molecule has 67 heavy (non-hydrogen) atoms. The van der Waals surface area contributed by atoms with Crippen molar-refractivity contribution in [2.45, 2.75) is 104 Å². The minimum Gasteiger partial charge on any atom is -0.508 e. The van der Waals surface area contributed by atoms with Gasteiger partial charge < -0.3 is 29.0 Å². The number of likely N-dealkylation sites (N-methyl/N-ethyl adjacent to an activating group) is 1. The van der Waals surface area contributed by atoms with Gasteiger partial charge in [-0.25, -0.2) is 0 Å². The number of aromatic nitrogens is 2. The lowest BCUT2D eigenvalue weighted by atomic mass is 9.84. The van der Waals surface area contributed by atoms with Gasteiger partial charge in [-0.3, -0.25) is 44.1 Å². The Morgan fingerprint density at radius 1 is 1.06 bits per heavy atom. The number of piperazine rings is 1. The zero-order valence-corrected chi connectivity index (χ0v) is 43.2. The van der Waals surface area contributed by atoms with Crippen molar-refractivity contribution in [3.8, 4) is 28.1 Å². The maximum Gasteiger partial charge on any atom is 0.307 e. The molecule has 8 bridgehead atoms. The number of aryl methyl sites for hydroxylation is 1. The fourth-order valence-corrected chi connectivity index (χ4v) is 14.8. The van der Waals surface area contributed by atoms with Crippen LogP contribution in [0.2, 0.25) is 5.54 Å². The van der Waals surface area contributed by atoms with Crippen LogP contribution in [0.4, 0.5) is 4.79 Å². The third kappa shape index (κ3) is 10.3. The molecule has 9 rings (SSSR count). The number of cyclic esters (lactones) is 1. The molecule has 4 aromatic rings. The van der Waals surface area contributed by atoms with Gasteiger partial charge in [-0.2, -0.15) is 0 Å². The molecular formula is C50H70N8O7Si2. The summed E-state index contributed by atoms with van der Waals surface area (Å²) in [7, 11) is -0.976. The van der Waals surface area contributed by atoms with Crippen molar-refractivity contribution in [3.05, 3.63) is 71.5 Å². The summed E-state index contributed by atoms with van der Waals surface area (Å²) in [5.41, 5.74) is 6.34. The number of amides is 3. The van der Waals surface area contributed by atoms with E-state index in [2.05, 4.69) is 69.5 Å². The van der Waals surface area contributed by atoms with Gasteiger partial charge in [0.2, 0.25) is 26.3 Å². The second-order valence-electron chi connectivity index (χ2n) is 20.3. The third-order valence-corrected chi connectivity index (χ3v) is 18.7. The zero-order chi connectivity index (χ0) is 47.7. The van der Waals surface area contributed by atoms with E-state index in [0.717, 1.165) is 82.7 Å². The summed E-state index contributed by atoms with van der Waals surface area (Å²) in [5.74, 6) is -0.869. The number of esters is 1. The van der Waals surface area contributed by atoms with Crippen molar-refractivity contribution in [2.24, 2.45) is 11.3 Å². The van der Waals surface area contributed by atoms with E-state index in [1.165, 1.54) is 0 Å². The van der Waals surface area contributed by atoms with Crippen LogP contribution in [0.3, 0.4) is 0 Å². The Bertz CT molecular complexity index is 2490. The standard InChI is InChI=1S/C50H70N8O7Si2/c1-9-57-40-16-15-34-26-38(40)39(45(57)37-13-10-17-51-43(37)32(4)64-8)27-50(5,6)30-65-48(62)42-14-11-20-58(53-66-42)49(63)67(29-33-23-35(34)25-36(59)24-33)52-46(60)44(31(2)3)54(7)47(61)41-28-55-18-12-19-56(41)22-21-55/h10,13,15-17,23-26,31-32,41-42,44,53,59,67H,9,11-12,14,18-22,27-30,66H2,1-8H3,(H,52,60)/t32-,41?,42-,44-,67-/m0/s1. The van der Waals surface area contributed by atoms with Gasteiger partial charge >= 0.3 is 5.97 Å². The number of hydrogen-bond donors (Lipinski definition) is 3. The Balaban J connectivity index is 1.20. The predicted molar refractivity (Wildman–Crippen MR) is 265 cm³/mol. The summed E-state index contributed by atoms with van der Waals surface area (Å²) in [6.07, 6.45) is 4.31. The van der Waals surface area contributed by atoms with Gasteiger partial charge in [0.1, 0.15) is 27.5 Å². The molecule has 3 amide bonds. The minimum absolute atomic E-state index is 0.0550. The molecule has 0 radical (unpaired) electrons. The second-order valence-corrected chi connectivity index (χ2v) is 24.3. The number of ether oxygens (including phenoxy) is 2. The molecule has 15 nitrogen and oxygen atoms in total. The fourth-order valence-electron chi connectivity index (χ4n) is 10.9. The van der Waals surface area contributed by atoms with Crippen LogP contribution in [0.25, 0.3) is 33.3 Å². The molecule has 2 aromatic carbocycles. The maximum absolute atomic E-state index is 14.9. The van der Waals surface area contributed by atoms with E-state index in [0.29, 0.717) is 38.9 Å². The van der Waals surface area contributed by atoms with Crippen molar-refractivity contribution in [2.75, 3.05) is 60.0 Å². The highest BCUT2D eigenvalue weighted by molar-refractivity contribution is 6.88. The molecule has 7 atom stereocenters. The number of phenols is 1. The predicted octanol–water partition coefficient (Wildman–Crippen LogP) is 4.90. The third-order valence-electron chi connectivity index (χ3n) is 14.4. The van der Waals surface area contributed by atoms with Crippen LogP contribution in [0.15, 0.2) is 54.7 Å². The van der Waals surface area contributed by atoms with Gasteiger partial charge in [0.15, 0.2) is 0 Å². The normalized spacial score (nSPS) is 24.7.